The summed E-state index contributed by atoms with van der Waals surface area (Å²) in [6, 6.07) is 0. The average Bonchev–Trinajstić information content (AvgIpc) is 1.72. The van der Waals surface area contributed by atoms with Crippen LogP contribution in [0.15, 0.2) is 0 Å². The molecule has 1 radical (unpaired) electrons. The predicted molar refractivity (Wildman–Crippen MR) is 13.5 cm³/mol. The second-order valence-electron chi connectivity index (χ2n) is 0.683. The summed E-state index contributed by atoms with van der Waals surface area (Å²) >= 11 is 0. The molecular weight excluding hydrogens is 88.0 g/mol. The molecule has 0 N–H and O–H groups in total. The Bertz CT molecular complexity index is 21.0. The first-order chi connectivity index (χ1) is 3.00. The molecule has 4 nitrogen and oxygen atoms in total. The summed E-state index contributed by atoms with van der Waals surface area (Å²) in [5.74, 6) is 0. The van der Waals surface area contributed by atoms with E-state index < -0.39 is 0 Å². The number of hydrogen-bond donors (Lipinski definition) is 0. The SMILES string of the molecule is [CH]1COOOO1. The highest BCUT2D eigenvalue weighted by molar-refractivity contribution is 4.38. The highest BCUT2D eigenvalue weighted by Crippen LogP contribution is 1.94. The predicted octanol–water partition coefficient (Wildman–Crippen LogP) is -0.0268. The lowest BCUT2D eigenvalue weighted by molar-refractivity contribution is -0.651. The van der Waals surface area contributed by atoms with E-state index in [1.54, 1.807) is 0 Å². The van der Waals surface area contributed by atoms with Crippen LogP contribution in [-0.2, 0) is 19.9 Å². The molecule has 0 unspecified atom stereocenters. The highest BCUT2D eigenvalue weighted by Gasteiger charge is 1.98. The minimum Gasteiger partial charge on any atom is -0.201 e. The summed E-state index contributed by atoms with van der Waals surface area (Å²) < 4.78 is 0. The second kappa shape index (κ2) is 2.09. The molecule has 0 aromatic heterocycles. The van der Waals surface area contributed by atoms with E-state index in [9.17, 15) is 0 Å². The average molecular weight is 91.0 g/mol. The summed E-state index contributed by atoms with van der Waals surface area (Å²) in [4.78, 5) is 8.26. The Labute approximate surface area is 34.3 Å². The van der Waals surface area contributed by atoms with Crippen LogP contribution in [0.1, 0.15) is 0 Å². The van der Waals surface area contributed by atoms with Gasteiger partial charge in [0.15, 0.2) is 6.61 Å². The molecule has 1 rings (SSSR count). The first-order valence-electron chi connectivity index (χ1n) is 1.43. The number of rotatable bonds is 0. The van der Waals surface area contributed by atoms with E-state index in [2.05, 4.69) is 19.9 Å². The van der Waals surface area contributed by atoms with Gasteiger partial charge in [0.05, 0.1) is 0 Å². The Balaban J connectivity index is 2.00. The zero-order valence-corrected chi connectivity index (χ0v) is 2.92. The molecule has 0 spiro atoms. The van der Waals surface area contributed by atoms with Crippen molar-refractivity contribution in [3.05, 3.63) is 6.61 Å². The normalized spacial score (nSPS) is 24.0. The Hall–Kier alpha value is -0.160. The van der Waals surface area contributed by atoms with Crippen molar-refractivity contribution in [2.45, 2.75) is 0 Å². The van der Waals surface area contributed by atoms with Gasteiger partial charge in [-0.25, -0.2) is 4.89 Å². The van der Waals surface area contributed by atoms with Crippen molar-refractivity contribution in [3.8, 4) is 0 Å². The Morgan fingerprint density at radius 1 is 1.33 bits per heavy atom. The maximum Gasteiger partial charge on any atom is 0.154 e. The summed E-state index contributed by atoms with van der Waals surface area (Å²) in [6.45, 7) is 1.63. The van der Waals surface area contributed by atoms with E-state index in [0.29, 0.717) is 6.61 Å². The summed E-state index contributed by atoms with van der Waals surface area (Å²) in [5.41, 5.74) is 0. The van der Waals surface area contributed by atoms with Gasteiger partial charge in [-0.2, -0.15) is 4.89 Å². The molecule has 0 bridgehead atoms. The van der Waals surface area contributed by atoms with E-state index in [0.717, 1.165) is 0 Å². The van der Waals surface area contributed by atoms with Gasteiger partial charge in [-0.3, -0.25) is 0 Å². The molecule has 0 saturated carbocycles. The topological polar surface area (TPSA) is 36.9 Å². The highest BCUT2D eigenvalue weighted by atomic mass is 17.7. The van der Waals surface area contributed by atoms with Crippen LogP contribution in [-0.4, -0.2) is 6.61 Å². The molecule has 1 fully saturated rings. The number of hydrogen-bond acceptors (Lipinski definition) is 4. The third-order valence-electron chi connectivity index (χ3n) is 0.319. The van der Waals surface area contributed by atoms with Crippen LogP contribution in [0.5, 0.6) is 0 Å². The first kappa shape index (κ1) is 4.01. The smallest absolute Gasteiger partial charge is 0.154 e. The lowest BCUT2D eigenvalue weighted by atomic mass is 10.8. The minimum absolute atomic E-state index is 0.306. The fourth-order valence-corrected chi connectivity index (χ4v) is 0.147. The quantitative estimate of drug-likeness (QED) is 0.392. The Kier molecular flexibility index (Phi) is 1.40. The molecule has 0 aromatic rings. The lowest BCUT2D eigenvalue weighted by Crippen LogP contribution is -2.07. The van der Waals surface area contributed by atoms with Gasteiger partial charge >= 0.3 is 0 Å². The van der Waals surface area contributed by atoms with Crippen LogP contribution in [0.4, 0.5) is 0 Å². The third kappa shape index (κ3) is 0.908. The zero-order valence-electron chi connectivity index (χ0n) is 2.92. The summed E-state index contributed by atoms with van der Waals surface area (Å²) in [7, 11) is 0. The molecule has 1 aliphatic rings. The van der Waals surface area contributed by atoms with Gasteiger partial charge in [0.2, 0.25) is 0 Å². The van der Waals surface area contributed by atoms with Crippen LogP contribution < -0.4 is 0 Å². The fraction of sp³-hybridized carbons (Fsp3) is 0.500. The van der Waals surface area contributed by atoms with Crippen molar-refractivity contribution in [1.82, 2.24) is 0 Å². The third-order valence-corrected chi connectivity index (χ3v) is 0.319. The molecule has 35 valence electrons. The van der Waals surface area contributed by atoms with Gasteiger partial charge in [-0.05, 0) is 10.1 Å². The van der Waals surface area contributed by atoms with Crippen LogP contribution in [0, 0.1) is 6.61 Å². The lowest BCUT2D eigenvalue weighted by Gasteiger charge is -2.04. The van der Waals surface area contributed by atoms with Gasteiger partial charge in [-0.1, -0.05) is 0 Å². The molecule has 1 aliphatic heterocycles. The van der Waals surface area contributed by atoms with Crippen molar-refractivity contribution in [3.63, 3.8) is 0 Å². The van der Waals surface area contributed by atoms with Crippen molar-refractivity contribution in [2.75, 3.05) is 6.61 Å². The van der Waals surface area contributed by atoms with E-state index in [1.165, 1.54) is 6.61 Å². The van der Waals surface area contributed by atoms with Crippen molar-refractivity contribution >= 4 is 0 Å². The second-order valence-corrected chi connectivity index (χ2v) is 0.683. The van der Waals surface area contributed by atoms with Crippen LogP contribution >= 0.6 is 0 Å². The molecule has 1 saturated heterocycles. The molecule has 6 heavy (non-hydrogen) atoms. The van der Waals surface area contributed by atoms with Crippen molar-refractivity contribution in [1.29, 1.82) is 0 Å². The van der Waals surface area contributed by atoms with Gasteiger partial charge in [-0.15, -0.1) is 0 Å². The Morgan fingerprint density at radius 3 is 2.50 bits per heavy atom. The molecule has 0 atom stereocenters. The maximum absolute atomic E-state index is 4.17. The van der Waals surface area contributed by atoms with Crippen LogP contribution in [0.3, 0.4) is 0 Å². The van der Waals surface area contributed by atoms with Crippen LogP contribution in [0.25, 0.3) is 0 Å². The monoisotopic (exact) mass is 91.0 g/mol. The first-order valence-corrected chi connectivity index (χ1v) is 1.43. The summed E-state index contributed by atoms with van der Waals surface area (Å²) in [5, 5.41) is 7.61. The fourth-order valence-electron chi connectivity index (χ4n) is 0.147. The molecule has 0 amide bonds. The van der Waals surface area contributed by atoms with E-state index in [4.69, 9.17) is 0 Å². The van der Waals surface area contributed by atoms with Gasteiger partial charge in [0.25, 0.3) is 0 Å². The van der Waals surface area contributed by atoms with E-state index in [1.807, 2.05) is 0 Å². The molecule has 0 aliphatic carbocycles. The van der Waals surface area contributed by atoms with Gasteiger partial charge in [0, 0.05) is 0 Å². The summed E-state index contributed by atoms with van der Waals surface area (Å²) in [6.07, 6.45) is 0. The molecule has 0 aromatic carbocycles. The van der Waals surface area contributed by atoms with Crippen LogP contribution in [0.2, 0.25) is 0 Å². The van der Waals surface area contributed by atoms with Gasteiger partial charge in [0.1, 0.15) is 6.61 Å². The van der Waals surface area contributed by atoms with E-state index >= 15 is 0 Å². The zero-order chi connectivity index (χ0) is 4.24. The molecule has 4 heteroatoms. The van der Waals surface area contributed by atoms with Gasteiger partial charge < -0.3 is 0 Å². The molecular formula is C2H3O4. The van der Waals surface area contributed by atoms with Crippen molar-refractivity contribution in [2.24, 2.45) is 0 Å². The van der Waals surface area contributed by atoms with E-state index in [-0.39, 0.29) is 0 Å². The molecule has 1 heterocycles. The standard InChI is InChI=1S/C2H3O4/c1-2-4-6-5-3-1/h1H,2H2. The maximum atomic E-state index is 4.17. The minimum atomic E-state index is 0.306. The Morgan fingerprint density at radius 2 is 2.33 bits per heavy atom. The largest absolute Gasteiger partial charge is 0.201 e. The van der Waals surface area contributed by atoms with Crippen molar-refractivity contribution < 1.29 is 19.9 Å².